The molecular weight excluding hydrogens is 245 g/mol. The third-order valence-electron chi connectivity index (χ3n) is 3.20. The SMILES string of the molecule is N#CC1CCCN(CC(=O)Nc2ccccc2F)C1. The molecule has 0 radical (unpaired) electrons. The highest BCUT2D eigenvalue weighted by Gasteiger charge is 2.21. The number of nitriles is 1. The van der Waals surface area contributed by atoms with Crippen LogP contribution in [0.2, 0.25) is 0 Å². The molecule has 2 rings (SSSR count). The molecule has 1 aromatic rings. The van der Waals surface area contributed by atoms with Crippen molar-refractivity contribution < 1.29 is 9.18 Å². The standard InChI is InChI=1S/C14H16FN3O/c15-12-5-1-2-6-13(12)17-14(19)10-18-7-3-4-11(8-16)9-18/h1-2,5-6,11H,3-4,7,9-10H2,(H,17,19). The molecule has 100 valence electrons. The number of para-hydroxylation sites is 1. The fourth-order valence-corrected chi connectivity index (χ4v) is 2.26. The lowest BCUT2D eigenvalue weighted by Gasteiger charge is -2.28. The molecule has 0 bridgehead atoms. The van der Waals surface area contributed by atoms with Gasteiger partial charge in [0.15, 0.2) is 0 Å². The second-order valence-corrected chi connectivity index (χ2v) is 4.73. The van der Waals surface area contributed by atoms with Crippen molar-refractivity contribution in [2.45, 2.75) is 12.8 Å². The maximum Gasteiger partial charge on any atom is 0.238 e. The van der Waals surface area contributed by atoms with Gasteiger partial charge in [-0.1, -0.05) is 12.1 Å². The van der Waals surface area contributed by atoms with Gasteiger partial charge in [-0.05, 0) is 31.5 Å². The predicted octanol–water partition coefficient (Wildman–Crippen LogP) is 2.00. The molecule has 1 amide bonds. The van der Waals surface area contributed by atoms with E-state index in [1.165, 1.54) is 12.1 Å². The number of amides is 1. The van der Waals surface area contributed by atoms with Crippen molar-refractivity contribution in [1.29, 1.82) is 5.26 Å². The molecule has 1 N–H and O–H groups in total. The number of halogens is 1. The summed E-state index contributed by atoms with van der Waals surface area (Å²) in [4.78, 5) is 13.8. The van der Waals surface area contributed by atoms with E-state index in [1.807, 2.05) is 4.90 Å². The summed E-state index contributed by atoms with van der Waals surface area (Å²) in [5.41, 5.74) is 0.196. The number of benzene rings is 1. The van der Waals surface area contributed by atoms with Gasteiger partial charge in [0.05, 0.1) is 24.2 Å². The minimum absolute atomic E-state index is 0.00462. The van der Waals surface area contributed by atoms with Crippen LogP contribution in [0.5, 0.6) is 0 Å². The van der Waals surface area contributed by atoms with Crippen LogP contribution in [0.3, 0.4) is 0 Å². The first kappa shape index (κ1) is 13.5. The lowest BCUT2D eigenvalue weighted by atomic mass is 10.00. The van der Waals surface area contributed by atoms with Crippen LogP contribution in [0.15, 0.2) is 24.3 Å². The second kappa shape index (κ2) is 6.30. The van der Waals surface area contributed by atoms with E-state index in [4.69, 9.17) is 5.26 Å². The monoisotopic (exact) mass is 261 g/mol. The molecule has 1 aliphatic heterocycles. The lowest BCUT2D eigenvalue weighted by Crippen LogP contribution is -2.40. The van der Waals surface area contributed by atoms with Gasteiger partial charge in [0.25, 0.3) is 0 Å². The van der Waals surface area contributed by atoms with Gasteiger partial charge >= 0.3 is 0 Å². The summed E-state index contributed by atoms with van der Waals surface area (Å²) in [7, 11) is 0. The Morgan fingerprint density at radius 2 is 2.32 bits per heavy atom. The fraction of sp³-hybridized carbons (Fsp3) is 0.429. The summed E-state index contributed by atoms with van der Waals surface area (Å²) < 4.78 is 13.4. The number of anilines is 1. The van der Waals surface area contributed by atoms with E-state index in [0.29, 0.717) is 6.54 Å². The topological polar surface area (TPSA) is 56.1 Å². The predicted molar refractivity (Wildman–Crippen MR) is 69.8 cm³/mol. The van der Waals surface area contributed by atoms with Gasteiger partial charge < -0.3 is 5.32 Å². The summed E-state index contributed by atoms with van der Waals surface area (Å²) in [6.45, 7) is 1.62. The number of nitrogens with zero attached hydrogens (tertiary/aromatic N) is 2. The van der Waals surface area contributed by atoms with Crippen LogP contribution in [0.25, 0.3) is 0 Å². The average Bonchev–Trinajstić information content (AvgIpc) is 2.41. The molecule has 1 heterocycles. The Labute approximate surface area is 111 Å². The molecule has 4 nitrogen and oxygen atoms in total. The number of likely N-dealkylation sites (tertiary alicyclic amines) is 1. The Morgan fingerprint density at radius 3 is 3.05 bits per heavy atom. The molecule has 1 aromatic carbocycles. The minimum atomic E-state index is -0.440. The summed E-state index contributed by atoms with van der Waals surface area (Å²) in [5.74, 6) is -0.692. The van der Waals surface area contributed by atoms with Crippen molar-refractivity contribution in [2.75, 3.05) is 25.0 Å². The smallest absolute Gasteiger partial charge is 0.238 e. The molecule has 0 spiro atoms. The first-order valence-corrected chi connectivity index (χ1v) is 6.35. The van der Waals surface area contributed by atoms with Crippen molar-refractivity contribution in [2.24, 2.45) is 5.92 Å². The zero-order valence-electron chi connectivity index (χ0n) is 10.6. The van der Waals surface area contributed by atoms with Gasteiger partial charge in [0.2, 0.25) is 5.91 Å². The highest BCUT2D eigenvalue weighted by atomic mass is 19.1. The van der Waals surface area contributed by atoms with E-state index in [1.54, 1.807) is 12.1 Å². The molecule has 5 heteroatoms. The summed E-state index contributed by atoms with van der Waals surface area (Å²) >= 11 is 0. The van der Waals surface area contributed by atoms with E-state index < -0.39 is 5.82 Å². The van der Waals surface area contributed by atoms with Gasteiger partial charge in [-0.15, -0.1) is 0 Å². The summed E-state index contributed by atoms with van der Waals surface area (Å²) in [6, 6.07) is 8.32. The average molecular weight is 261 g/mol. The summed E-state index contributed by atoms with van der Waals surface area (Å²) in [6.07, 6.45) is 1.81. The van der Waals surface area contributed by atoms with Crippen LogP contribution in [0.4, 0.5) is 10.1 Å². The molecule has 19 heavy (non-hydrogen) atoms. The third kappa shape index (κ3) is 3.76. The highest BCUT2D eigenvalue weighted by molar-refractivity contribution is 5.92. The number of rotatable bonds is 3. The zero-order chi connectivity index (χ0) is 13.7. The summed E-state index contributed by atoms with van der Waals surface area (Å²) in [5, 5.41) is 11.4. The molecule has 0 aromatic heterocycles. The molecule has 0 saturated carbocycles. The molecular formula is C14H16FN3O. The number of carbonyl (C=O) groups excluding carboxylic acids is 1. The molecule has 1 unspecified atom stereocenters. The first-order valence-electron chi connectivity index (χ1n) is 6.35. The van der Waals surface area contributed by atoms with Gasteiger partial charge in [-0.2, -0.15) is 5.26 Å². The van der Waals surface area contributed by atoms with E-state index in [2.05, 4.69) is 11.4 Å². The Kier molecular flexibility index (Phi) is 4.48. The molecule has 1 atom stereocenters. The normalized spacial score (nSPS) is 19.7. The van der Waals surface area contributed by atoms with E-state index in [-0.39, 0.29) is 24.1 Å². The number of hydrogen-bond acceptors (Lipinski definition) is 3. The van der Waals surface area contributed by atoms with Crippen molar-refractivity contribution >= 4 is 11.6 Å². The van der Waals surface area contributed by atoms with Crippen molar-refractivity contribution in [1.82, 2.24) is 4.90 Å². The minimum Gasteiger partial charge on any atom is -0.322 e. The van der Waals surface area contributed by atoms with Crippen LogP contribution < -0.4 is 5.32 Å². The Bertz CT molecular complexity index is 498. The highest BCUT2D eigenvalue weighted by Crippen LogP contribution is 2.16. The third-order valence-corrected chi connectivity index (χ3v) is 3.20. The van der Waals surface area contributed by atoms with Gasteiger partial charge in [0.1, 0.15) is 5.82 Å². The van der Waals surface area contributed by atoms with Gasteiger partial charge in [-0.3, -0.25) is 9.69 Å². The first-order chi connectivity index (χ1) is 9.19. The van der Waals surface area contributed by atoms with Gasteiger partial charge in [0, 0.05) is 6.54 Å². The van der Waals surface area contributed by atoms with E-state index in [0.717, 1.165) is 19.4 Å². The molecule has 1 saturated heterocycles. The van der Waals surface area contributed by atoms with Gasteiger partial charge in [-0.25, -0.2) is 4.39 Å². The quantitative estimate of drug-likeness (QED) is 0.905. The second-order valence-electron chi connectivity index (χ2n) is 4.73. The molecule has 1 aliphatic rings. The van der Waals surface area contributed by atoms with Crippen molar-refractivity contribution in [3.05, 3.63) is 30.1 Å². The number of piperidine rings is 1. The van der Waals surface area contributed by atoms with Crippen molar-refractivity contribution in [3.8, 4) is 6.07 Å². The van der Waals surface area contributed by atoms with E-state index in [9.17, 15) is 9.18 Å². The Hall–Kier alpha value is -1.93. The van der Waals surface area contributed by atoms with Crippen LogP contribution in [0.1, 0.15) is 12.8 Å². The zero-order valence-corrected chi connectivity index (χ0v) is 10.6. The molecule has 0 aliphatic carbocycles. The van der Waals surface area contributed by atoms with Crippen LogP contribution >= 0.6 is 0 Å². The number of carbonyl (C=O) groups is 1. The van der Waals surface area contributed by atoms with Crippen molar-refractivity contribution in [3.63, 3.8) is 0 Å². The Balaban J connectivity index is 1.88. The maximum absolute atomic E-state index is 13.4. The lowest BCUT2D eigenvalue weighted by molar-refractivity contribution is -0.117. The van der Waals surface area contributed by atoms with Crippen LogP contribution in [0, 0.1) is 23.1 Å². The van der Waals surface area contributed by atoms with E-state index >= 15 is 0 Å². The fourth-order valence-electron chi connectivity index (χ4n) is 2.26. The maximum atomic E-state index is 13.4. The number of hydrogen-bond donors (Lipinski definition) is 1. The Morgan fingerprint density at radius 1 is 1.53 bits per heavy atom. The number of nitrogens with one attached hydrogen (secondary N) is 1. The molecule has 1 fully saturated rings. The van der Waals surface area contributed by atoms with Crippen LogP contribution in [-0.2, 0) is 4.79 Å². The largest absolute Gasteiger partial charge is 0.322 e. The van der Waals surface area contributed by atoms with Crippen LogP contribution in [-0.4, -0.2) is 30.4 Å².